The quantitative estimate of drug-likeness (QED) is 0.657. The molecular weight excluding hydrogens is 344 g/mol. The van der Waals surface area contributed by atoms with E-state index < -0.39 is 0 Å². The number of rotatable bonds is 10. The maximum atomic E-state index is 5.97. The van der Waals surface area contributed by atoms with Gasteiger partial charge >= 0.3 is 0 Å². The Morgan fingerprint density at radius 2 is 2.04 bits per heavy atom. The molecule has 0 spiro atoms. The SMILES string of the molecule is CCN(C)C[C@@H](C)COc1cc(Nc2nc(C)cc(NC)n2)cnc1OC. The van der Waals surface area contributed by atoms with Crippen LogP contribution in [0.25, 0.3) is 0 Å². The predicted molar refractivity (Wildman–Crippen MR) is 108 cm³/mol. The molecule has 8 nitrogen and oxygen atoms in total. The molecule has 0 aromatic carbocycles. The number of aromatic nitrogens is 3. The number of hydrogen-bond acceptors (Lipinski definition) is 8. The van der Waals surface area contributed by atoms with Gasteiger partial charge in [0.05, 0.1) is 25.6 Å². The van der Waals surface area contributed by atoms with Crippen molar-refractivity contribution >= 4 is 17.5 Å². The van der Waals surface area contributed by atoms with E-state index in [2.05, 4.69) is 51.4 Å². The molecule has 0 amide bonds. The summed E-state index contributed by atoms with van der Waals surface area (Å²) in [5, 5.41) is 6.19. The minimum Gasteiger partial charge on any atom is -0.488 e. The highest BCUT2D eigenvalue weighted by Gasteiger charge is 2.12. The monoisotopic (exact) mass is 374 g/mol. The second-order valence-corrected chi connectivity index (χ2v) is 6.60. The van der Waals surface area contributed by atoms with Gasteiger partial charge in [-0.1, -0.05) is 13.8 Å². The van der Waals surface area contributed by atoms with Crippen molar-refractivity contribution in [1.82, 2.24) is 19.9 Å². The van der Waals surface area contributed by atoms with Gasteiger partial charge in [0.15, 0.2) is 5.75 Å². The number of ether oxygens (including phenoxy) is 2. The maximum Gasteiger partial charge on any atom is 0.256 e. The van der Waals surface area contributed by atoms with Crippen LogP contribution in [0.3, 0.4) is 0 Å². The Kier molecular flexibility index (Phi) is 7.60. The van der Waals surface area contributed by atoms with Gasteiger partial charge in [-0.2, -0.15) is 4.98 Å². The van der Waals surface area contributed by atoms with Crippen molar-refractivity contribution in [2.75, 3.05) is 51.5 Å². The van der Waals surface area contributed by atoms with Crippen LogP contribution >= 0.6 is 0 Å². The van der Waals surface area contributed by atoms with E-state index in [0.29, 0.717) is 30.1 Å². The first-order valence-corrected chi connectivity index (χ1v) is 9.11. The van der Waals surface area contributed by atoms with E-state index in [1.54, 1.807) is 13.3 Å². The van der Waals surface area contributed by atoms with Crippen LogP contribution in [0.5, 0.6) is 11.6 Å². The highest BCUT2D eigenvalue weighted by molar-refractivity contribution is 5.58. The molecule has 8 heteroatoms. The standard InChI is InChI=1S/C19H30N6O2/c1-7-25(5)11-13(2)12-27-16-9-15(10-21-18(16)26-6)23-19-22-14(3)8-17(20-4)24-19/h8-10,13H,7,11-12H2,1-6H3,(H2,20,22,23,24)/t13-/m1/s1. The molecule has 0 saturated heterocycles. The number of pyridine rings is 1. The van der Waals surface area contributed by atoms with Crippen LogP contribution in [0, 0.1) is 12.8 Å². The minimum absolute atomic E-state index is 0.384. The third-order valence-electron chi connectivity index (χ3n) is 4.06. The first-order chi connectivity index (χ1) is 12.9. The molecule has 0 saturated carbocycles. The number of aryl methyl sites for hydroxylation is 1. The molecule has 2 heterocycles. The summed E-state index contributed by atoms with van der Waals surface area (Å²) >= 11 is 0. The topological polar surface area (TPSA) is 84.4 Å². The molecule has 148 valence electrons. The van der Waals surface area contributed by atoms with Crippen LogP contribution in [0.4, 0.5) is 17.5 Å². The van der Waals surface area contributed by atoms with Gasteiger partial charge in [-0.05, 0) is 20.5 Å². The highest BCUT2D eigenvalue weighted by atomic mass is 16.5. The summed E-state index contributed by atoms with van der Waals surface area (Å²) in [4.78, 5) is 15.4. The molecule has 0 aliphatic heterocycles. The van der Waals surface area contributed by atoms with Crippen molar-refractivity contribution in [3.8, 4) is 11.6 Å². The molecule has 1 atom stereocenters. The van der Waals surface area contributed by atoms with Crippen molar-refractivity contribution in [2.24, 2.45) is 5.92 Å². The smallest absolute Gasteiger partial charge is 0.256 e. The Hall–Kier alpha value is -2.61. The van der Waals surface area contributed by atoms with Gasteiger partial charge in [-0.15, -0.1) is 0 Å². The molecule has 0 aliphatic rings. The van der Waals surface area contributed by atoms with Gasteiger partial charge in [0.25, 0.3) is 5.88 Å². The lowest BCUT2D eigenvalue weighted by Gasteiger charge is -2.20. The zero-order chi connectivity index (χ0) is 19.8. The zero-order valence-corrected chi connectivity index (χ0v) is 17.0. The fourth-order valence-corrected chi connectivity index (χ4v) is 2.58. The van der Waals surface area contributed by atoms with Gasteiger partial charge < -0.3 is 25.0 Å². The molecule has 0 unspecified atom stereocenters. The van der Waals surface area contributed by atoms with Crippen LogP contribution in [0.2, 0.25) is 0 Å². The van der Waals surface area contributed by atoms with Gasteiger partial charge in [-0.3, -0.25) is 0 Å². The molecule has 2 rings (SSSR count). The first kappa shape index (κ1) is 20.7. The summed E-state index contributed by atoms with van der Waals surface area (Å²) in [5.74, 6) is 2.68. The molecule has 27 heavy (non-hydrogen) atoms. The number of nitrogens with one attached hydrogen (secondary N) is 2. The van der Waals surface area contributed by atoms with Crippen LogP contribution in [-0.2, 0) is 0 Å². The largest absolute Gasteiger partial charge is 0.488 e. The van der Waals surface area contributed by atoms with Crippen LogP contribution in [-0.4, -0.2) is 60.8 Å². The Morgan fingerprint density at radius 3 is 2.70 bits per heavy atom. The zero-order valence-electron chi connectivity index (χ0n) is 17.0. The van der Waals surface area contributed by atoms with Gasteiger partial charge in [0, 0.05) is 37.3 Å². The highest BCUT2D eigenvalue weighted by Crippen LogP contribution is 2.29. The van der Waals surface area contributed by atoms with E-state index >= 15 is 0 Å². The molecule has 2 aromatic heterocycles. The van der Waals surface area contributed by atoms with Crippen molar-refractivity contribution in [2.45, 2.75) is 20.8 Å². The van der Waals surface area contributed by atoms with Crippen molar-refractivity contribution in [3.05, 3.63) is 24.0 Å². The minimum atomic E-state index is 0.384. The van der Waals surface area contributed by atoms with E-state index in [1.165, 1.54) is 0 Å². The predicted octanol–water partition coefficient (Wildman–Crippen LogP) is 2.94. The second-order valence-electron chi connectivity index (χ2n) is 6.60. The van der Waals surface area contributed by atoms with Crippen molar-refractivity contribution in [3.63, 3.8) is 0 Å². The number of anilines is 3. The normalized spacial score (nSPS) is 12.0. The summed E-state index contributed by atoms with van der Waals surface area (Å²) in [6.45, 7) is 8.78. The van der Waals surface area contributed by atoms with E-state index in [-0.39, 0.29) is 0 Å². The molecule has 0 fully saturated rings. The van der Waals surface area contributed by atoms with Gasteiger partial charge in [0.2, 0.25) is 5.95 Å². The molecular formula is C19H30N6O2. The molecule has 0 bridgehead atoms. The van der Waals surface area contributed by atoms with Crippen molar-refractivity contribution in [1.29, 1.82) is 0 Å². The van der Waals surface area contributed by atoms with Crippen LogP contribution in [0.1, 0.15) is 19.5 Å². The average molecular weight is 374 g/mol. The van der Waals surface area contributed by atoms with E-state index in [1.807, 2.05) is 26.1 Å². The van der Waals surface area contributed by atoms with E-state index in [9.17, 15) is 0 Å². The summed E-state index contributed by atoms with van der Waals surface area (Å²) in [6.07, 6.45) is 1.67. The third-order valence-corrected chi connectivity index (χ3v) is 4.06. The second kappa shape index (κ2) is 9.91. The summed E-state index contributed by atoms with van der Waals surface area (Å²) in [7, 11) is 5.51. The summed E-state index contributed by atoms with van der Waals surface area (Å²) in [6, 6.07) is 3.73. The Balaban J connectivity index is 2.11. The summed E-state index contributed by atoms with van der Waals surface area (Å²) < 4.78 is 11.3. The lowest BCUT2D eigenvalue weighted by atomic mass is 10.2. The van der Waals surface area contributed by atoms with Gasteiger partial charge in [0.1, 0.15) is 5.82 Å². The van der Waals surface area contributed by atoms with E-state index in [4.69, 9.17) is 9.47 Å². The average Bonchev–Trinajstić information content (AvgIpc) is 2.65. The fourth-order valence-electron chi connectivity index (χ4n) is 2.58. The maximum absolute atomic E-state index is 5.97. The molecule has 2 aromatic rings. The van der Waals surface area contributed by atoms with Gasteiger partial charge in [-0.25, -0.2) is 9.97 Å². The molecule has 2 N–H and O–H groups in total. The lowest BCUT2D eigenvalue weighted by molar-refractivity contribution is 0.203. The fraction of sp³-hybridized carbons (Fsp3) is 0.526. The molecule has 0 aliphatic carbocycles. The van der Waals surface area contributed by atoms with Crippen LogP contribution in [0.15, 0.2) is 18.3 Å². The van der Waals surface area contributed by atoms with Crippen LogP contribution < -0.4 is 20.1 Å². The first-order valence-electron chi connectivity index (χ1n) is 9.11. The Bertz CT molecular complexity index is 740. The Labute approximate surface area is 161 Å². The number of hydrogen-bond donors (Lipinski definition) is 2. The Morgan fingerprint density at radius 1 is 1.26 bits per heavy atom. The molecule has 0 radical (unpaired) electrons. The lowest BCUT2D eigenvalue weighted by Crippen LogP contribution is -2.27. The third kappa shape index (κ3) is 6.25. The van der Waals surface area contributed by atoms with E-state index in [0.717, 1.165) is 30.3 Å². The van der Waals surface area contributed by atoms with Crippen molar-refractivity contribution < 1.29 is 9.47 Å². The number of nitrogens with zero attached hydrogens (tertiary/aromatic N) is 4. The summed E-state index contributed by atoms with van der Waals surface area (Å²) in [5.41, 5.74) is 1.60. The number of methoxy groups -OCH3 is 1.